The minimum Gasteiger partial charge on any atom is -0.465 e. The van der Waals surface area contributed by atoms with Gasteiger partial charge in [0.05, 0.1) is 35.6 Å². The summed E-state index contributed by atoms with van der Waals surface area (Å²) in [6.07, 6.45) is 6.55. The molecule has 172 valence electrons. The second kappa shape index (κ2) is 9.69. The van der Waals surface area contributed by atoms with Gasteiger partial charge in [-0.1, -0.05) is 6.92 Å². The van der Waals surface area contributed by atoms with Gasteiger partial charge in [-0.05, 0) is 56.8 Å². The average Bonchev–Trinajstić information content (AvgIpc) is 3.06. The fourth-order valence-electron chi connectivity index (χ4n) is 5.17. The van der Waals surface area contributed by atoms with Crippen LogP contribution in [-0.4, -0.2) is 59.2 Å². The molecule has 4 rings (SSSR count). The summed E-state index contributed by atoms with van der Waals surface area (Å²) in [6.45, 7) is 5.14. The van der Waals surface area contributed by atoms with E-state index < -0.39 is 0 Å². The van der Waals surface area contributed by atoms with Crippen LogP contribution < -0.4 is 5.32 Å². The first-order valence-electron chi connectivity index (χ1n) is 11.8. The fraction of sp³-hybridized carbons (Fsp3) is 0.783. The summed E-state index contributed by atoms with van der Waals surface area (Å²) in [7, 11) is 0. The second-order valence-electron chi connectivity index (χ2n) is 9.34. The molecule has 31 heavy (non-hydrogen) atoms. The van der Waals surface area contributed by atoms with E-state index in [-0.39, 0.29) is 29.3 Å². The van der Waals surface area contributed by atoms with Gasteiger partial charge >= 0.3 is 5.97 Å². The van der Waals surface area contributed by atoms with E-state index in [1.165, 1.54) is 0 Å². The highest BCUT2D eigenvalue weighted by atomic mass is 16.5. The van der Waals surface area contributed by atoms with Crippen molar-refractivity contribution < 1.29 is 24.2 Å². The Kier molecular flexibility index (Phi) is 6.96. The minimum atomic E-state index is -0.275. The molecule has 2 fully saturated rings. The number of nitrogens with one attached hydrogen (secondary N) is 1. The van der Waals surface area contributed by atoms with E-state index in [9.17, 15) is 14.7 Å². The second-order valence-corrected chi connectivity index (χ2v) is 9.34. The van der Waals surface area contributed by atoms with Gasteiger partial charge in [-0.15, -0.1) is 0 Å². The molecule has 1 aromatic heterocycles. The summed E-state index contributed by atoms with van der Waals surface area (Å²) in [6, 6.07) is 0. The van der Waals surface area contributed by atoms with Gasteiger partial charge in [-0.3, -0.25) is 14.3 Å². The van der Waals surface area contributed by atoms with Crippen LogP contribution in [0.15, 0.2) is 0 Å². The van der Waals surface area contributed by atoms with Crippen molar-refractivity contribution in [2.45, 2.75) is 77.4 Å². The van der Waals surface area contributed by atoms with Crippen molar-refractivity contribution in [2.24, 2.45) is 11.3 Å². The van der Waals surface area contributed by atoms with Crippen LogP contribution >= 0.6 is 0 Å². The van der Waals surface area contributed by atoms with E-state index in [2.05, 4.69) is 5.32 Å². The molecule has 1 amide bonds. The summed E-state index contributed by atoms with van der Waals surface area (Å²) >= 11 is 0. The first-order chi connectivity index (χ1) is 15.0. The van der Waals surface area contributed by atoms with Crippen LogP contribution in [0.2, 0.25) is 0 Å². The molecular weight excluding hydrogens is 398 g/mol. The lowest BCUT2D eigenvalue weighted by Crippen LogP contribution is -2.40. The number of fused-ring (bicyclic) bond motifs is 1. The number of hydrogen-bond donors (Lipinski definition) is 2. The van der Waals surface area contributed by atoms with E-state index in [0.29, 0.717) is 58.2 Å². The molecule has 0 unspecified atom stereocenters. The lowest BCUT2D eigenvalue weighted by molar-refractivity contribution is -0.150. The Bertz CT molecular complexity index is 791. The van der Waals surface area contributed by atoms with Gasteiger partial charge in [-0.25, -0.2) is 0 Å². The molecular formula is C23H35N3O5. The first-order valence-corrected chi connectivity index (χ1v) is 11.8. The zero-order valence-electron chi connectivity index (χ0n) is 18.5. The van der Waals surface area contributed by atoms with Crippen LogP contribution in [0.1, 0.15) is 73.6 Å². The monoisotopic (exact) mass is 433 g/mol. The largest absolute Gasteiger partial charge is 0.465 e. The summed E-state index contributed by atoms with van der Waals surface area (Å²) in [5.74, 6) is -0.262. The smallest absolute Gasteiger partial charge is 0.308 e. The Morgan fingerprint density at radius 3 is 2.74 bits per heavy atom. The highest BCUT2D eigenvalue weighted by Gasteiger charge is 2.39. The molecule has 1 saturated heterocycles. The zero-order valence-corrected chi connectivity index (χ0v) is 18.5. The van der Waals surface area contributed by atoms with Crippen molar-refractivity contribution in [1.82, 2.24) is 15.1 Å². The predicted octanol–water partition coefficient (Wildman–Crippen LogP) is 2.01. The van der Waals surface area contributed by atoms with Gasteiger partial charge in [0.25, 0.3) is 5.91 Å². The maximum Gasteiger partial charge on any atom is 0.308 e. The van der Waals surface area contributed by atoms with Gasteiger partial charge < -0.3 is 19.9 Å². The summed E-state index contributed by atoms with van der Waals surface area (Å²) in [4.78, 5) is 25.2. The summed E-state index contributed by atoms with van der Waals surface area (Å²) in [5.41, 5.74) is 2.62. The average molecular weight is 434 g/mol. The fourth-order valence-corrected chi connectivity index (χ4v) is 5.17. The number of rotatable bonds is 6. The lowest BCUT2D eigenvalue weighted by atomic mass is 9.76. The Morgan fingerprint density at radius 1 is 1.29 bits per heavy atom. The lowest BCUT2D eigenvalue weighted by Gasteiger charge is -2.36. The molecule has 3 aliphatic rings. The Labute approximate surface area is 183 Å². The summed E-state index contributed by atoms with van der Waals surface area (Å²) < 4.78 is 13.1. The normalized spacial score (nSPS) is 25.5. The Hall–Kier alpha value is -1.93. The molecule has 1 spiro atoms. The number of aryl methyl sites for hydroxylation is 2. The standard InChI is InChI=1S/C23H35N3O5/c1-2-18-20-19(14-23(15-24-21(20)28)8-12-30-13-9-23)26(25-18)10-3-11-31-22(29)16-4-6-17(27)7-5-16/h16-17,27H,2-15H2,1H3,(H,24,28)/t16-,17-. The van der Waals surface area contributed by atoms with Crippen molar-refractivity contribution in [3.8, 4) is 0 Å². The van der Waals surface area contributed by atoms with Gasteiger partial charge in [0.1, 0.15) is 0 Å². The van der Waals surface area contributed by atoms with Gasteiger partial charge in [0, 0.05) is 32.7 Å². The number of aromatic nitrogens is 2. The zero-order chi connectivity index (χ0) is 21.8. The first kappa shape index (κ1) is 22.3. The highest BCUT2D eigenvalue weighted by Crippen LogP contribution is 2.37. The molecule has 0 aromatic carbocycles. The van der Waals surface area contributed by atoms with Gasteiger partial charge in [0.2, 0.25) is 0 Å². The van der Waals surface area contributed by atoms with Crippen molar-refractivity contribution in [2.75, 3.05) is 26.4 Å². The Balaban J connectivity index is 1.40. The third-order valence-electron chi connectivity index (χ3n) is 7.20. The Morgan fingerprint density at radius 2 is 2.03 bits per heavy atom. The predicted molar refractivity (Wildman–Crippen MR) is 114 cm³/mol. The van der Waals surface area contributed by atoms with Crippen molar-refractivity contribution in [1.29, 1.82) is 0 Å². The van der Waals surface area contributed by atoms with Gasteiger partial charge in [0.15, 0.2) is 0 Å². The molecule has 0 atom stereocenters. The summed E-state index contributed by atoms with van der Waals surface area (Å²) in [5, 5.41) is 17.5. The third kappa shape index (κ3) is 4.95. The van der Waals surface area contributed by atoms with Crippen LogP contribution in [0.4, 0.5) is 0 Å². The number of esters is 1. The third-order valence-corrected chi connectivity index (χ3v) is 7.20. The number of aliphatic hydroxyl groups is 1. The van der Waals surface area contributed by atoms with E-state index in [0.717, 1.165) is 49.4 Å². The number of carbonyl (C=O) groups excluding carboxylic acids is 2. The number of ether oxygens (including phenoxy) is 2. The number of amides is 1. The maximum absolute atomic E-state index is 12.9. The topological polar surface area (TPSA) is 103 Å². The van der Waals surface area contributed by atoms with E-state index >= 15 is 0 Å². The highest BCUT2D eigenvalue weighted by molar-refractivity contribution is 5.97. The van der Waals surface area contributed by atoms with Crippen molar-refractivity contribution in [3.63, 3.8) is 0 Å². The molecule has 3 heterocycles. The van der Waals surface area contributed by atoms with E-state index in [1.54, 1.807) is 0 Å². The number of hydrogen-bond acceptors (Lipinski definition) is 6. The molecule has 1 aromatic rings. The molecule has 2 aliphatic heterocycles. The molecule has 0 radical (unpaired) electrons. The van der Waals surface area contributed by atoms with Crippen LogP contribution in [0, 0.1) is 11.3 Å². The molecule has 1 saturated carbocycles. The van der Waals surface area contributed by atoms with E-state index in [4.69, 9.17) is 14.6 Å². The van der Waals surface area contributed by atoms with Crippen molar-refractivity contribution >= 4 is 11.9 Å². The maximum atomic E-state index is 12.9. The molecule has 2 N–H and O–H groups in total. The molecule has 8 heteroatoms. The van der Waals surface area contributed by atoms with Gasteiger partial charge in [-0.2, -0.15) is 5.10 Å². The van der Waals surface area contributed by atoms with Crippen molar-refractivity contribution in [3.05, 3.63) is 17.0 Å². The van der Waals surface area contributed by atoms with Crippen LogP contribution in [0.3, 0.4) is 0 Å². The molecule has 0 bridgehead atoms. The quantitative estimate of drug-likeness (QED) is 0.526. The van der Waals surface area contributed by atoms with E-state index in [1.807, 2.05) is 11.6 Å². The molecule has 8 nitrogen and oxygen atoms in total. The SMILES string of the molecule is CCc1nn(CCCOC(=O)[C@H]2CC[C@H](O)CC2)c2c1C(=O)NCC1(CCOCC1)C2. The number of carbonyl (C=O) groups is 2. The van der Waals surface area contributed by atoms with Crippen LogP contribution in [0.5, 0.6) is 0 Å². The number of nitrogens with zero attached hydrogens (tertiary/aromatic N) is 2. The van der Waals surface area contributed by atoms with Crippen LogP contribution in [-0.2, 0) is 33.7 Å². The van der Waals surface area contributed by atoms with Crippen LogP contribution in [0.25, 0.3) is 0 Å². The molecule has 1 aliphatic carbocycles. The number of aliphatic hydroxyl groups excluding tert-OH is 1. The minimum absolute atomic E-state index is 0.0209.